The smallest absolute Gasteiger partial charge is 0.303 e. The molecular weight excluding hydrogens is 249 g/mol. The number of rotatable bonds is 5. The number of hydrogen-bond acceptors (Lipinski definition) is 3. The Hall–Kier alpha value is -2.24. The van der Waals surface area contributed by atoms with Crippen molar-refractivity contribution in [3.05, 3.63) is 35.9 Å². The molecule has 0 bridgehead atoms. The molecule has 0 spiro atoms. The Balaban J connectivity index is 2.21. The van der Waals surface area contributed by atoms with E-state index in [1.54, 1.807) is 19.1 Å². The van der Waals surface area contributed by atoms with Crippen molar-refractivity contribution in [3.63, 3.8) is 0 Å². The van der Waals surface area contributed by atoms with Crippen molar-refractivity contribution in [1.29, 1.82) is 0 Å². The second kappa shape index (κ2) is 5.60. The van der Waals surface area contributed by atoms with E-state index in [2.05, 4.69) is 10.2 Å². The van der Waals surface area contributed by atoms with Crippen molar-refractivity contribution < 1.29 is 14.3 Å². The van der Waals surface area contributed by atoms with Gasteiger partial charge in [-0.05, 0) is 37.6 Å². The van der Waals surface area contributed by atoms with Crippen LogP contribution >= 0.6 is 0 Å². The second-order valence-electron chi connectivity index (χ2n) is 4.23. The van der Waals surface area contributed by atoms with E-state index in [4.69, 9.17) is 5.11 Å². The minimum atomic E-state index is -0.825. The molecule has 1 heterocycles. The number of carboxylic acid groups (broad SMARTS) is 1. The first-order chi connectivity index (χ1) is 9.08. The number of nitrogens with zero attached hydrogens (tertiary/aromatic N) is 3. The van der Waals surface area contributed by atoms with Crippen molar-refractivity contribution in [2.45, 2.75) is 26.3 Å². The molecule has 0 aliphatic rings. The number of carboxylic acids is 1. The summed E-state index contributed by atoms with van der Waals surface area (Å²) in [5, 5.41) is 16.7. The lowest BCUT2D eigenvalue weighted by atomic mass is 10.2. The molecule has 2 aromatic rings. The van der Waals surface area contributed by atoms with Crippen LogP contribution in [0.1, 0.15) is 18.7 Å². The van der Waals surface area contributed by atoms with Gasteiger partial charge in [-0.3, -0.25) is 4.79 Å². The van der Waals surface area contributed by atoms with Gasteiger partial charge in [0.2, 0.25) is 0 Å². The van der Waals surface area contributed by atoms with Gasteiger partial charge in [0.1, 0.15) is 11.6 Å². The molecular formula is C13H14FN3O2. The highest BCUT2D eigenvalue weighted by Gasteiger charge is 2.11. The van der Waals surface area contributed by atoms with Crippen LogP contribution in [0.25, 0.3) is 11.4 Å². The molecule has 0 saturated heterocycles. The van der Waals surface area contributed by atoms with Crippen LogP contribution < -0.4 is 0 Å². The maximum atomic E-state index is 12.9. The summed E-state index contributed by atoms with van der Waals surface area (Å²) in [4.78, 5) is 10.5. The summed E-state index contributed by atoms with van der Waals surface area (Å²) in [5.74, 6) is 0.207. The van der Waals surface area contributed by atoms with Crippen molar-refractivity contribution in [2.24, 2.45) is 0 Å². The Morgan fingerprint density at radius 2 is 2.00 bits per heavy atom. The highest BCUT2D eigenvalue weighted by atomic mass is 19.1. The van der Waals surface area contributed by atoms with Gasteiger partial charge in [-0.2, -0.15) is 0 Å². The predicted molar refractivity (Wildman–Crippen MR) is 67.0 cm³/mol. The fourth-order valence-corrected chi connectivity index (χ4v) is 1.85. The predicted octanol–water partition coefficient (Wildman–Crippen LogP) is 2.26. The molecule has 0 unspecified atom stereocenters. The van der Waals surface area contributed by atoms with E-state index in [0.29, 0.717) is 24.6 Å². The lowest BCUT2D eigenvalue weighted by Gasteiger charge is -2.07. The Morgan fingerprint density at radius 1 is 1.32 bits per heavy atom. The summed E-state index contributed by atoms with van der Waals surface area (Å²) in [7, 11) is 0. The van der Waals surface area contributed by atoms with E-state index in [0.717, 1.165) is 5.56 Å². The van der Waals surface area contributed by atoms with Crippen LogP contribution in [0.15, 0.2) is 24.3 Å². The lowest BCUT2D eigenvalue weighted by Crippen LogP contribution is -2.05. The molecule has 0 atom stereocenters. The number of aromatic nitrogens is 3. The molecule has 6 heteroatoms. The number of aliphatic carboxylic acids is 1. The molecule has 0 radical (unpaired) electrons. The second-order valence-corrected chi connectivity index (χ2v) is 4.23. The molecule has 0 aliphatic heterocycles. The normalized spacial score (nSPS) is 10.6. The first-order valence-electron chi connectivity index (χ1n) is 5.95. The number of aryl methyl sites for hydroxylation is 1. The van der Waals surface area contributed by atoms with E-state index >= 15 is 0 Å². The fourth-order valence-electron chi connectivity index (χ4n) is 1.85. The average Bonchev–Trinajstić information content (AvgIpc) is 2.72. The molecule has 1 aromatic carbocycles. The maximum absolute atomic E-state index is 12.9. The Labute approximate surface area is 109 Å². The molecule has 0 amide bonds. The highest BCUT2D eigenvalue weighted by Crippen LogP contribution is 2.19. The summed E-state index contributed by atoms with van der Waals surface area (Å²) in [6.45, 7) is 2.33. The molecule has 0 fully saturated rings. The standard InChI is InChI=1S/C13H14FN3O2/c1-9-15-16-13(10-4-6-11(14)7-5-10)17(9)8-2-3-12(18)19/h4-7H,2-3,8H2,1H3,(H,18,19). The van der Waals surface area contributed by atoms with E-state index < -0.39 is 5.97 Å². The average molecular weight is 263 g/mol. The zero-order chi connectivity index (χ0) is 13.8. The van der Waals surface area contributed by atoms with Crippen LogP contribution in [0, 0.1) is 12.7 Å². The molecule has 1 N–H and O–H groups in total. The van der Waals surface area contributed by atoms with Crippen LogP contribution in [-0.2, 0) is 11.3 Å². The van der Waals surface area contributed by atoms with Gasteiger partial charge in [0.25, 0.3) is 0 Å². The minimum Gasteiger partial charge on any atom is -0.481 e. The van der Waals surface area contributed by atoms with Crippen molar-refractivity contribution >= 4 is 5.97 Å². The lowest BCUT2D eigenvalue weighted by molar-refractivity contribution is -0.137. The molecule has 100 valence electrons. The molecule has 1 aromatic heterocycles. The third-order valence-corrected chi connectivity index (χ3v) is 2.81. The largest absolute Gasteiger partial charge is 0.481 e. The van der Waals surface area contributed by atoms with Crippen LogP contribution in [0.3, 0.4) is 0 Å². The Bertz CT molecular complexity index is 578. The maximum Gasteiger partial charge on any atom is 0.303 e. The zero-order valence-corrected chi connectivity index (χ0v) is 10.5. The number of carbonyl (C=O) groups is 1. The number of halogens is 1. The molecule has 2 rings (SSSR count). The Kier molecular flexibility index (Phi) is 3.89. The third kappa shape index (κ3) is 3.15. The van der Waals surface area contributed by atoms with E-state index in [-0.39, 0.29) is 12.2 Å². The molecule has 5 nitrogen and oxygen atoms in total. The van der Waals surface area contributed by atoms with Crippen LogP contribution in [-0.4, -0.2) is 25.8 Å². The van der Waals surface area contributed by atoms with Gasteiger partial charge in [0.05, 0.1) is 0 Å². The summed E-state index contributed by atoms with van der Waals surface area (Å²) in [5.41, 5.74) is 0.761. The molecule has 0 saturated carbocycles. The van der Waals surface area contributed by atoms with Gasteiger partial charge in [-0.25, -0.2) is 4.39 Å². The van der Waals surface area contributed by atoms with Gasteiger partial charge in [0.15, 0.2) is 5.82 Å². The monoisotopic (exact) mass is 263 g/mol. The zero-order valence-electron chi connectivity index (χ0n) is 10.5. The fraction of sp³-hybridized carbons (Fsp3) is 0.308. The van der Waals surface area contributed by atoms with Crippen LogP contribution in [0.4, 0.5) is 4.39 Å². The topological polar surface area (TPSA) is 68.0 Å². The van der Waals surface area contributed by atoms with E-state index in [9.17, 15) is 9.18 Å². The summed E-state index contributed by atoms with van der Waals surface area (Å²) >= 11 is 0. The van der Waals surface area contributed by atoms with Crippen molar-refractivity contribution in [1.82, 2.24) is 14.8 Å². The highest BCUT2D eigenvalue weighted by molar-refractivity contribution is 5.66. The third-order valence-electron chi connectivity index (χ3n) is 2.81. The molecule has 19 heavy (non-hydrogen) atoms. The van der Waals surface area contributed by atoms with Crippen molar-refractivity contribution in [3.8, 4) is 11.4 Å². The number of benzene rings is 1. The van der Waals surface area contributed by atoms with Gasteiger partial charge < -0.3 is 9.67 Å². The number of hydrogen-bond donors (Lipinski definition) is 1. The van der Waals surface area contributed by atoms with E-state index in [1.165, 1.54) is 12.1 Å². The van der Waals surface area contributed by atoms with Crippen molar-refractivity contribution in [2.75, 3.05) is 0 Å². The minimum absolute atomic E-state index is 0.0977. The van der Waals surface area contributed by atoms with E-state index in [1.807, 2.05) is 4.57 Å². The summed E-state index contributed by atoms with van der Waals surface area (Å²) < 4.78 is 14.7. The van der Waals surface area contributed by atoms with Gasteiger partial charge >= 0.3 is 5.97 Å². The summed E-state index contributed by atoms with van der Waals surface area (Å²) in [6, 6.07) is 5.99. The SMILES string of the molecule is Cc1nnc(-c2ccc(F)cc2)n1CCCC(=O)O. The first kappa shape index (κ1) is 13.2. The first-order valence-corrected chi connectivity index (χ1v) is 5.95. The summed E-state index contributed by atoms with van der Waals surface area (Å²) in [6.07, 6.45) is 0.600. The van der Waals surface area contributed by atoms with Crippen LogP contribution in [0.5, 0.6) is 0 Å². The van der Waals surface area contributed by atoms with Gasteiger partial charge in [0, 0.05) is 18.5 Å². The van der Waals surface area contributed by atoms with Gasteiger partial charge in [-0.1, -0.05) is 0 Å². The molecule has 0 aliphatic carbocycles. The quantitative estimate of drug-likeness (QED) is 0.898. The van der Waals surface area contributed by atoms with Crippen LogP contribution in [0.2, 0.25) is 0 Å². The Morgan fingerprint density at radius 3 is 2.63 bits per heavy atom. The van der Waals surface area contributed by atoms with Gasteiger partial charge in [-0.15, -0.1) is 10.2 Å².